The zero-order valence-corrected chi connectivity index (χ0v) is 11.0. The smallest absolute Gasteiger partial charge is 0.138 e. The van der Waals surface area contributed by atoms with Crippen molar-refractivity contribution in [3.8, 4) is 5.40 Å². The van der Waals surface area contributed by atoms with Crippen LogP contribution in [0.25, 0.3) is 0 Å². The van der Waals surface area contributed by atoms with Gasteiger partial charge >= 0.3 is 0 Å². The summed E-state index contributed by atoms with van der Waals surface area (Å²) in [4.78, 5) is 5.10. The van der Waals surface area contributed by atoms with Crippen molar-refractivity contribution in [1.29, 1.82) is 5.26 Å². The van der Waals surface area contributed by atoms with E-state index >= 15 is 0 Å². The predicted molar refractivity (Wildman–Crippen MR) is 69.6 cm³/mol. The number of hydrogen-bond acceptors (Lipinski definition) is 4. The van der Waals surface area contributed by atoms with Crippen molar-refractivity contribution in [2.75, 3.05) is 0 Å². The number of aliphatic imine (C=N–C) groups is 1. The van der Waals surface area contributed by atoms with E-state index in [1.54, 1.807) is 0 Å². The van der Waals surface area contributed by atoms with Gasteiger partial charge in [0.2, 0.25) is 0 Å². The van der Waals surface area contributed by atoms with Crippen molar-refractivity contribution in [3.63, 3.8) is 0 Å². The number of unbranched alkanes of at least 4 members (excludes halogenated alkanes) is 1. The Morgan fingerprint density at radius 3 is 2.60 bits per heavy atom. The first kappa shape index (κ1) is 14.4. The van der Waals surface area contributed by atoms with Crippen LogP contribution in [0.1, 0.15) is 40.0 Å². The lowest BCUT2D eigenvalue weighted by Gasteiger charge is -2.10. The molecule has 0 aliphatic carbocycles. The number of nitriles is 1. The topological polar surface area (TPSA) is 36.1 Å². The lowest BCUT2D eigenvalue weighted by Crippen LogP contribution is -1.95. The highest BCUT2D eigenvalue weighted by Crippen LogP contribution is 2.29. The molecule has 0 aromatic carbocycles. The third-order valence-electron chi connectivity index (χ3n) is 1.92. The van der Waals surface area contributed by atoms with Crippen molar-refractivity contribution >= 4 is 29.1 Å². The normalized spacial score (nSPS) is 11.7. The summed E-state index contributed by atoms with van der Waals surface area (Å²) in [6, 6.07) is 0. The maximum atomic E-state index is 8.73. The Morgan fingerprint density at radius 1 is 1.53 bits per heavy atom. The molecule has 0 fully saturated rings. The average Bonchev–Trinajstić information content (AvgIpc) is 2.21. The summed E-state index contributed by atoms with van der Waals surface area (Å²) in [6.45, 7) is 6.23. The van der Waals surface area contributed by atoms with Crippen LogP contribution in [0.5, 0.6) is 0 Å². The van der Waals surface area contributed by atoms with Crippen molar-refractivity contribution in [2.24, 2.45) is 10.9 Å². The molecule has 0 unspecified atom stereocenters. The number of thiocyanates is 1. The number of isothiocyanates is 1. The van der Waals surface area contributed by atoms with Gasteiger partial charge in [-0.1, -0.05) is 27.2 Å². The Morgan fingerprint density at radius 2 is 2.20 bits per heavy atom. The molecule has 0 N–H and O–H groups in total. The molecule has 0 aliphatic heterocycles. The highest BCUT2D eigenvalue weighted by atomic mass is 32.2. The summed E-state index contributed by atoms with van der Waals surface area (Å²) in [5.41, 5.74) is 0.907. The van der Waals surface area contributed by atoms with E-state index in [-0.39, 0.29) is 5.92 Å². The first-order valence-electron chi connectivity index (χ1n) is 5.04. The van der Waals surface area contributed by atoms with Crippen LogP contribution in [0, 0.1) is 16.6 Å². The van der Waals surface area contributed by atoms with Crippen LogP contribution >= 0.6 is 24.0 Å². The van der Waals surface area contributed by atoms with Crippen molar-refractivity contribution < 1.29 is 0 Å². The molecule has 0 heterocycles. The van der Waals surface area contributed by atoms with Crippen molar-refractivity contribution in [1.82, 2.24) is 0 Å². The van der Waals surface area contributed by atoms with Gasteiger partial charge < -0.3 is 0 Å². The van der Waals surface area contributed by atoms with E-state index in [1.807, 2.05) is 0 Å². The van der Waals surface area contributed by atoms with E-state index in [2.05, 4.69) is 48.5 Å². The van der Waals surface area contributed by atoms with Crippen LogP contribution in [0.4, 0.5) is 0 Å². The Labute approximate surface area is 101 Å². The van der Waals surface area contributed by atoms with Crippen molar-refractivity contribution in [3.05, 3.63) is 10.6 Å². The molecule has 0 aromatic rings. The van der Waals surface area contributed by atoms with Gasteiger partial charge in [0.25, 0.3) is 0 Å². The summed E-state index contributed by atoms with van der Waals surface area (Å²) < 4.78 is 0. The molecule has 0 spiro atoms. The quantitative estimate of drug-likeness (QED) is 0.393. The largest absolute Gasteiger partial charge is 0.198 e. The molecule has 0 aromatic heterocycles. The molecule has 15 heavy (non-hydrogen) atoms. The minimum absolute atomic E-state index is 0.285. The van der Waals surface area contributed by atoms with Gasteiger partial charge in [0.05, 0.1) is 10.9 Å². The van der Waals surface area contributed by atoms with E-state index in [0.29, 0.717) is 0 Å². The summed E-state index contributed by atoms with van der Waals surface area (Å²) in [5, 5.41) is 13.2. The van der Waals surface area contributed by atoms with E-state index in [9.17, 15) is 0 Å². The minimum Gasteiger partial charge on any atom is -0.198 e. The zero-order valence-electron chi connectivity index (χ0n) is 9.41. The van der Waals surface area contributed by atoms with Crippen LogP contribution < -0.4 is 0 Å². The molecule has 82 valence electrons. The number of allylic oxidation sites excluding steroid dienone is 2. The SMILES string of the molecule is CCCC/C(SC#N)=C(\N=C=S)C(C)C. The fourth-order valence-corrected chi connectivity index (χ4v) is 2.03. The van der Waals surface area contributed by atoms with Gasteiger partial charge in [-0.05, 0) is 42.7 Å². The second kappa shape index (κ2) is 8.67. The van der Waals surface area contributed by atoms with Crippen LogP contribution in [0.2, 0.25) is 0 Å². The number of hydrogen-bond donors (Lipinski definition) is 0. The number of thiocarbonyl (C=S) groups is 1. The predicted octanol–water partition coefficient (Wildman–Crippen LogP) is 4.36. The lowest BCUT2D eigenvalue weighted by atomic mass is 10.1. The lowest BCUT2D eigenvalue weighted by molar-refractivity contribution is 0.732. The van der Waals surface area contributed by atoms with Crippen LogP contribution in [0.15, 0.2) is 15.6 Å². The second-order valence-electron chi connectivity index (χ2n) is 3.46. The van der Waals surface area contributed by atoms with Gasteiger partial charge in [-0.2, -0.15) is 10.3 Å². The molecule has 0 bridgehead atoms. The molecule has 0 atom stereocenters. The van der Waals surface area contributed by atoms with Gasteiger partial charge in [0.15, 0.2) is 0 Å². The first-order valence-corrected chi connectivity index (χ1v) is 6.26. The monoisotopic (exact) mass is 240 g/mol. The highest BCUT2D eigenvalue weighted by Gasteiger charge is 2.10. The Balaban J connectivity index is 4.97. The summed E-state index contributed by atoms with van der Waals surface area (Å²) in [7, 11) is 0. The minimum atomic E-state index is 0.285. The zero-order chi connectivity index (χ0) is 11.7. The average molecular weight is 240 g/mol. The fraction of sp³-hybridized carbons (Fsp3) is 0.636. The molecule has 2 nitrogen and oxygen atoms in total. The molecule has 0 radical (unpaired) electrons. The van der Waals surface area contributed by atoms with Gasteiger partial charge in [-0.25, -0.2) is 0 Å². The summed E-state index contributed by atoms with van der Waals surface area (Å²) >= 11 is 5.82. The third kappa shape index (κ3) is 5.74. The first-order chi connectivity index (χ1) is 7.17. The number of rotatable bonds is 6. The molecule has 0 rings (SSSR count). The van der Waals surface area contributed by atoms with E-state index < -0.39 is 0 Å². The molecule has 0 saturated heterocycles. The van der Waals surface area contributed by atoms with Gasteiger partial charge in [-0.3, -0.25) is 0 Å². The van der Waals surface area contributed by atoms with Gasteiger partial charge in [0.1, 0.15) is 5.40 Å². The maximum Gasteiger partial charge on any atom is 0.138 e. The fourth-order valence-electron chi connectivity index (χ4n) is 1.19. The maximum absolute atomic E-state index is 8.73. The van der Waals surface area contributed by atoms with Crippen LogP contribution in [-0.2, 0) is 0 Å². The second-order valence-corrected chi connectivity index (χ2v) is 4.53. The Kier molecular flexibility index (Phi) is 8.31. The molecular formula is C11H16N2S2. The molecule has 0 saturated carbocycles. The number of nitrogens with zero attached hydrogens (tertiary/aromatic N) is 2. The molecular weight excluding hydrogens is 224 g/mol. The number of thioether (sulfide) groups is 1. The van der Waals surface area contributed by atoms with Crippen LogP contribution in [-0.4, -0.2) is 5.16 Å². The standard InChI is InChI=1S/C11H16N2S2/c1-4-5-6-10(15-7-12)11(9(2)3)13-8-14/h9H,4-6H2,1-3H3/b11-10+. The van der Waals surface area contributed by atoms with E-state index in [1.165, 1.54) is 11.8 Å². The molecule has 4 heteroatoms. The molecule has 0 amide bonds. The van der Waals surface area contributed by atoms with Crippen molar-refractivity contribution in [2.45, 2.75) is 40.0 Å². The third-order valence-corrected chi connectivity index (χ3v) is 2.77. The Bertz CT molecular complexity index is 307. The summed E-state index contributed by atoms with van der Waals surface area (Å²) in [6.07, 6.45) is 3.10. The van der Waals surface area contributed by atoms with Gasteiger partial charge in [-0.15, -0.1) is 0 Å². The van der Waals surface area contributed by atoms with E-state index in [0.717, 1.165) is 29.9 Å². The Hall–Kier alpha value is -0.620. The highest BCUT2D eigenvalue weighted by molar-refractivity contribution is 8.07. The summed E-state index contributed by atoms with van der Waals surface area (Å²) in [5.74, 6) is 0.285. The van der Waals surface area contributed by atoms with E-state index in [4.69, 9.17) is 5.26 Å². The van der Waals surface area contributed by atoms with Crippen LogP contribution in [0.3, 0.4) is 0 Å². The molecule has 0 aliphatic rings. The van der Waals surface area contributed by atoms with Gasteiger partial charge in [0, 0.05) is 4.91 Å².